The lowest BCUT2D eigenvalue weighted by Gasteiger charge is -2.17. The first-order chi connectivity index (χ1) is 12.8. The third-order valence-corrected chi connectivity index (χ3v) is 6.40. The number of nitrogens with zero attached hydrogens (tertiary/aromatic N) is 5. The fourth-order valence-electron chi connectivity index (χ4n) is 3.34. The Morgan fingerprint density at radius 2 is 1.81 bits per heavy atom. The third-order valence-electron chi connectivity index (χ3n) is 4.69. The maximum atomic E-state index is 12.6. The summed E-state index contributed by atoms with van der Waals surface area (Å²) >= 11 is 0. The molecule has 0 spiro atoms. The molecule has 9 nitrogen and oxygen atoms in total. The fraction of sp³-hybridized carbons (Fsp3) is 0.588. The quantitative estimate of drug-likeness (QED) is 0.679. The summed E-state index contributed by atoms with van der Waals surface area (Å²) in [6.07, 6.45) is 2.36. The van der Waals surface area contributed by atoms with Gasteiger partial charge in [-0.1, -0.05) is 0 Å². The number of hydrogen-bond acceptors (Lipinski definition) is 7. The second kappa shape index (κ2) is 7.81. The number of aryl methyl sites for hydroxylation is 3. The Bertz CT molecular complexity index is 918. The molecule has 0 aromatic carbocycles. The maximum absolute atomic E-state index is 12.6. The Balaban J connectivity index is 1.60. The highest BCUT2D eigenvalue weighted by molar-refractivity contribution is 7.89. The van der Waals surface area contributed by atoms with Crippen LogP contribution in [0.5, 0.6) is 0 Å². The summed E-state index contributed by atoms with van der Waals surface area (Å²) in [7, 11) is -1.86. The molecule has 0 amide bonds. The minimum atomic E-state index is -3.60. The number of hydrogen-bond donors (Lipinski definition) is 2. The normalized spacial score (nSPS) is 14.7. The molecule has 0 atom stereocenters. The zero-order valence-electron chi connectivity index (χ0n) is 16.3. The monoisotopic (exact) mass is 393 g/mol. The zero-order chi connectivity index (χ0) is 19.6. The number of anilines is 2. The topological polar surface area (TPSA) is 105 Å². The highest BCUT2D eigenvalue weighted by Crippen LogP contribution is 2.20. The second-order valence-corrected chi connectivity index (χ2v) is 8.50. The van der Waals surface area contributed by atoms with Crippen LogP contribution in [0.4, 0.5) is 11.6 Å². The molecule has 0 radical (unpaired) electrons. The summed E-state index contributed by atoms with van der Waals surface area (Å²) < 4.78 is 29.3. The van der Waals surface area contributed by atoms with Crippen molar-refractivity contribution in [3.63, 3.8) is 0 Å². The van der Waals surface area contributed by atoms with Crippen LogP contribution in [-0.2, 0) is 17.1 Å². The third kappa shape index (κ3) is 4.38. The lowest BCUT2D eigenvalue weighted by Crippen LogP contribution is -2.30. The van der Waals surface area contributed by atoms with Gasteiger partial charge in [-0.15, -0.1) is 0 Å². The molecule has 2 N–H and O–H groups in total. The average Bonchev–Trinajstić information content (AvgIpc) is 3.20. The zero-order valence-corrected chi connectivity index (χ0v) is 17.1. The smallest absolute Gasteiger partial charge is 0.244 e. The van der Waals surface area contributed by atoms with Crippen LogP contribution in [0.2, 0.25) is 0 Å². The molecule has 1 aliphatic heterocycles. The predicted octanol–water partition coefficient (Wildman–Crippen LogP) is 1.13. The van der Waals surface area contributed by atoms with Crippen molar-refractivity contribution in [1.82, 2.24) is 24.5 Å². The molecule has 1 fully saturated rings. The van der Waals surface area contributed by atoms with Crippen molar-refractivity contribution >= 4 is 21.7 Å². The van der Waals surface area contributed by atoms with Crippen LogP contribution in [0.25, 0.3) is 0 Å². The van der Waals surface area contributed by atoms with Gasteiger partial charge in [0, 0.05) is 39.3 Å². The summed E-state index contributed by atoms with van der Waals surface area (Å²) in [4.78, 5) is 11.4. The van der Waals surface area contributed by atoms with Gasteiger partial charge in [-0.2, -0.15) is 5.10 Å². The minimum Gasteiger partial charge on any atom is -0.369 e. The van der Waals surface area contributed by atoms with Crippen LogP contribution < -0.4 is 14.9 Å². The van der Waals surface area contributed by atoms with Crippen molar-refractivity contribution in [2.24, 2.45) is 7.05 Å². The molecular formula is C17H27N7O2S. The first kappa shape index (κ1) is 19.6. The number of aromatic nitrogens is 4. The van der Waals surface area contributed by atoms with E-state index in [9.17, 15) is 8.42 Å². The fourth-order valence-corrected chi connectivity index (χ4v) is 4.81. The van der Waals surface area contributed by atoms with Crippen LogP contribution >= 0.6 is 0 Å². The van der Waals surface area contributed by atoms with Gasteiger partial charge in [-0.05, 0) is 33.6 Å². The van der Waals surface area contributed by atoms with E-state index in [0.29, 0.717) is 29.6 Å². The molecule has 2 aromatic heterocycles. The number of sulfonamides is 1. The number of nitrogens with one attached hydrogen (secondary N) is 2. The highest BCUT2D eigenvalue weighted by atomic mass is 32.2. The molecule has 10 heteroatoms. The van der Waals surface area contributed by atoms with Gasteiger partial charge in [0.25, 0.3) is 0 Å². The minimum absolute atomic E-state index is 0.248. The van der Waals surface area contributed by atoms with Gasteiger partial charge in [-0.25, -0.2) is 23.1 Å². The molecule has 148 valence electrons. The van der Waals surface area contributed by atoms with Crippen molar-refractivity contribution in [3.05, 3.63) is 23.3 Å². The van der Waals surface area contributed by atoms with Crippen molar-refractivity contribution < 1.29 is 8.42 Å². The standard InChI is InChI=1S/C17H27N7O2S/c1-12-17(13(2)23(4)22-12)27(25,26)19-8-7-18-15-11-16(21-14(3)20-15)24-9-5-6-10-24/h11,19H,5-10H2,1-4H3,(H,18,20,21). The highest BCUT2D eigenvalue weighted by Gasteiger charge is 2.23. The Hall–Kier alpha value is -2.20. The molecule has 0 bridgehead atoms. The molecular weight excluding hydrogens is 366 g/mol. The van der Waals surface area contributed by atoms with Gasteiger partial charge < -0.3 is 10.2 Å². The predicted molar refractivity (Wildman–Crippen MR) is 105 cm³/mol. The Morgan fingerprint density at radius 3 is 2.44 bits per heavy atom. The van der Waals surface area contributed by atoms with Crippen LogP contribution in [0.1, 0.15) is 30.1 Å². The molecule has 3 rings (SSSR count). The average molecular weight is 394 g/mol. The van der Waals surface area contributed by atoms with Gasteiger partial charge >= 0.3 is 0 Å². The van der Waals surface area contributed by atoms with E-state index in [4.69, 9.17) is 0 Å². The van der Waals surface area contributed by atoms with E-state index in [-0.39, 0.29) is 11.4 Å². The van der Waals surface area contributed by atoms with Crippen LogP contribution in [0.3, 0.4) is 0 Å². The van der Waals surface area contributed by atoms with E-state index < -0.39 is 10.0 Å². The molecule has 0 saturated carbocycles. The Kier molecular flexibility index (Phi) is 5.66. The van der Waals surface area contributed by atoms with Crippen LogP contribution in [0.15, 0.2) is 11.0 Å². The molecule has 2 aromatic rings. The van der Waals surface area contributed by atoms with Crippen molar-refractivity contribution in [2.75, 3.05) is 36.4 Å². The van der Waals surface area contributed by atoms with E-state index in [2.05, 4.69) is 30.0 Å². The summed E-state index contributed by atoms with van der Waals surface area (Å²) in [5, 5.41) is 7.35. The van der Waals surface area contributed by atoms with E-state index >= 15 is 0 Å². The molecule has 27 heavy (non-hydrogen) atoms. The molecule has 1 aliphatic rings. The van der Waals surface area contributed by atoms with Crippen molar-refractivity contribution in [3.8, 4) is 0 Å². The van der Waals surface area contributed by atoms with E-state index in [0.717, 1.165) is 18.9 Å². The van der Waals surface area contributed by atoms with Gasteiger partial charge in [0.1, 0.15) is 22.4 Å². The summed E-state index contributed by atoms with van der Waals surface area (Å²) in [5.74, 6) is 2.33. The molecule has 1 saturated heterocycles. The summed E-state index contributed by atoms with van der Waals surface area (Å²) in [5.41, 5.74) is 1.12. The van der Waals surface area contributed by atoms with Gasteiger partial charge in [-0.3, -0.25) is 4.68 Å². The second-order valence-electron chi connectivity index (χ2n) is 6.80. The molecule has 3 heterocycles. The first-order valence-electron chi connectivity index (χ1n) is 9.12. The van der Waals surface area contributed by atoms with E-state index in [1.165, 1.54) is 12.8 Å². The maximum Gasteiger partial charge on any atom is 0.244 e. The summed E-state index contributed by atoms with van der Waals surface area (Å²) in [6.45, 7) is 8.01. The summed E-state index contributed by atoms with van der Waals surface area (Å²) in [6, 6.07) is 1.92. The Morgan fingerprint density at radius 1 is 1.11 bits per heavy atom. The largest absolute Gasteiger partial charge is 0.369 e. The Labute approximate surface area is 160 Å². The lowest BCUT2D eigenvalue weighted by atomic mass is 10.4. The van der Waals surface area contributed by atoms with Crippen LogP contribution in [0, 0.1) is 20.8 Å². The lowest BCUT2D eigenvalue weighted by molar-refractivity contribution is 0.581. The molecule has 0 unspecified atom stereocenters. The SMILES string of the molecule is Cc1nc(NCCNS(=O)(=O)c2c(C)nn(C)c2C)cc(N2CCCC2)n1. The van der Waals surface area contributed by atoms with Gasteiger partial charge in [0.2, 0.25) is 10.0 Å². The number of rotatable bonds is 7. The van der Waals surface area contributed by atoms with Crippen molar-refractivity contribution in [1.29, 1.82) is 0 Å². The van der Waals surface area contributed by atoms with E-state index in [1.54, 1.807) is 25.6 Å². The first-order valence-corrected chi connectivity index (χ1v) is 10.6. The van der Waals surface area contributed by atoms with Crippen molar-refractivity contribution in [2.45, 2.75) is 38.5 Å². The van der Waals surface area contributed by atoms with E-state index in [1.807, 2.05) is 13.0 Å². The molecule has 0 aliphatic carbocycles. The van der Waals surface area contributed by atoms with Gasteiger partial charge in [0.15, 0.2) is 0 Å². The van der Waals surface area contributed by atoms with Crippen LogP contribution in [-0.4, -0.2) is 54.3 Å². The van der Waals surface area contributed by atoms with Gasteiger partial charge in [0.05, 0.1) is 11.4 Å².